The van der Waals surface area contributed by atoms with Crippen LogP contribution in [0.5, 0.6) is 11.5 Å². The highest BCUT2D eigenvalue weighted by Gasteiger charge is 2.32. The molecule has 0 saturated carbocycles. The number of methoxy groups -OCH3 is 1. The smallest absolute Gasteiger partial charge is 0.286 e. The van der Waals surface area contributed by atoms with Gasteiger partial charge < -0.3 is 14.4 Å². The van der Waals surface area contributed by atoms with Crippen molar-refractivity contribution in [3.63, 3.8) is 0 Å². The molecular weight excluding hydrogens is 340 g/mol. The molecule has 1 aromatic carbocycles. The first-order valence-corrected chi connectivity index (χ1v) is 8.40. The van der Waals surface area contributed by atoms with E-state index in [-0.39, 0.29) is 28.8 Å². The molecule has 2 rings (SSSR count). The second-order valence-corrected chi connectivity index (χ2v) is 6.07. The largest absolute Gasteiger partial charge is 0.493 e. The van der Waals surface area contributed by atoms with Gasteiger partial charge in [-0.15, -0.1) is 0 Å². The average Bonchev–Trinajstić information content (AvgIpc) is 3.01. The Hall–Kier alpha value is -2.90. The van der Waals surface area contributed by atoms with Gasteiger partial charge >= 0.3 is 0 Å². The fourth-order valence-corrected chi connectivity index (χ4v) is 2.74. The molecule has 1 amide bonds. The first-order valence-electron chi connectivity index (χ1n) is 8.40. The molecule has 1 aliphatic heterocycles. The number of aldehydes is 1. The lowest BCUT2D eigenvalue weighted by atomic mass is 10.1. The number of nitrogens with zero attached hydrogens (tertiary/aromatic N) is 2. The van der Waals surface area contributed by atoms with Crippen LogP contribution in [0.15, 0.2) is 23.9 Å². The molecule has 1 aliphatic rings. The summed E-state index contributed by atoms with van der Waals surface area (Å²) in [5.74, 6) is -0.0799. The number of ether oxygens (including phenoxy) is 2. The summed E-state index contributed by atoms with van der Waals surface area (Å²) >= 11 is 0. The van der Waals surface area contributed by atoms with E-state index >= 15 is 0 Å². The quantitative estimate of drug-likeness (QED) is 0.305. The molecule has 0 aromatic heterocycles. The number of carbonyl (C=O) groups is 2. The maximum atomic E-state index is 12.8. The highest BCUT2D eigenvalue weighted by atomic mass is 16.6. The van der Waals surface area contributed by atoms with Gasteiger partial charge in [0.15, 0.2) is 11.5 Å². The normalized spacial score (nSPS) is 16.2. The number of carbonyl (C=O) groups excluding carboxylic acids is 2. The molecule has 140 valence electrons. The van der Waals surface area contributed by atoms with Gasteiger partial charge in [-0.1, -0.05) is 13.3 Å². The second kappa shape index (κ2) is 8.46. The first kappa shape index (κ1) is 19.4. The second-order valence-electron chi connectivity index (χ2n) is 6.07. The van der Waals surface area contributed by atoms with Crippen LogP contribution in [-0.2, 0) is 4.79 Å². The predicted octanol–water partition coefficient (Wildman–Crippen LogP) is 3.10. The summed E-state index contributed by atoms with van der Waals surface area (Å²) in [5.41, 5.74) is 0.00683. The number of rotatable bonds is 8. The van der Waals surface area contributed by atoms with E-state index in [2.05, 4.69) is 0 Å². The molecule has 1 heterocycles. The minimum absolute atomic E-state index is 0.107. The summed E-state index contributed by atoms with van der Waals surface area (Å²) in [7, 11) is 1.41. The third-order valence-corrected chi connectivity index (χ3v) is 4.16. The van der Waals surface area contributed by atoms with Crippen LogP contribution in [0.2, 0.25) is 0 Å². The first-order chi connectivity index (χ1) is 12.4. The number of unbranched alkanes of at least 4 members (excludes halogenated alkanes) is 1. The minimum atomic E-state index is -0.621. The Balaban J connectivity index is 2.43. The molecule has 1 unspecified atom stereocenters. The van der Waals surface area contributed by atoms with Gasteiger partial charge in [0, 0.05) is 23.9 Å². The van der Waals surface area contributed by atoms with Crippen LogP contribution < -0.4 is 9.47 Å². The summed E-state index contributed by atoms with van der Waals surface area (Å²) in [5, 5.41) is 11.5. The zero-order valence-corrected chi connectivity index (χ0v) is 15.1. The van der Waals surface area contributed by atoms with Crippen molar-refractivity contribution in [1.82, 2.24) is 4.90 Å². The van der Waals surface area contributed by atoms with Crippen molar-refractivity contribution in [2.45, 2.75) is 39.2 Å². The van der Waals surface area contributed by atoms with E-state index in [1.54, 1.807) is 6.92 Å². The fraction of sp³-hybridized carbons (Fsp3) is 0.444. The summed E-state index contributed by atoms with van der Waals surface area (Å²) < 4.78 is 10.8. The van der Waals surface area contributed by atoms with Gasteiger partial charge in [0.1, 0.15) is 11.8 Å². The number of nitro benzene ring substituents is 1. The summed E-state index contributed by atoms with van der Waals surface area (Å²) in [6, 6.07) is 2.28. The maximum absolute atomic E-state index is 12.8. The van der Waals surface area contributed by atoms with Gasteiger partial charge in [0.25, 0.3) is 11.6 Å². The van der Waals surface area contributed by atoms with Crippen LogP contribution in [-0.4, -0.2) is 41.8 Å². The molecule has 0 bridgehead atoms. The summed E-state index contributed by atoms with van der Waals surface area (Å²) in [4.78, 5) is 36.0. The zero-order valence-electron chi connectivity index (χ0n) is 15.1. The molecule has 0 fully saturated rings. The SMILES string of the molecule is CCCCOc1cc([N+](=O)[O-])c(C(=O)N2C=C(C=O)CC2C)cc1OC. The number of nitro groups is 1. The van der Waals surface area contributed by atoms with Crippen LogP contribution in [0.25, 0.3) is 0 Å². The van der Waals surface area contributed by atoms with E-state index in [0.717, 1.165) is 12.8 Å². The van der Waals surface area contributed by atoms with E-state index in [0.29, 0.717) is 24.9 Å². The highest BCUT2D eigenvalue weighted by molar-refractivity contribution is 6.00. The van der Waals surface area contributed by atoms with Crippen LogP contribution in [0.1, 0.15) is 43.5 Å². The Morgan fingerprint density at radius 2 is 2.15 bits per heavy atom. The van der Waals surface area contributed by atoms with Gasteiger partial charge in [-0.3, -0.25) is 19.7 Å². The van der Waals surface area contributed by atoms with Crippen molar-refractivity contribution < 1.29 is 24.0 Å². The highest BCUT2D eigenvalue weighted by Crippen LogP contribution is 2.36. The van der Waals surface area contributed by atoms with E-state index in [4.69, 9.17) is 9.47 Å². The van der Waals surface area contributed by atoms with E-state index in [1.165, 1.54) is 30.3 Å². The van der Waals surface area contributed by atoms with Crippen molar-refractivity contribution >= 4 is 17.9 Å². The molecule has 26 heavy (non-hydrogen) atoms. The molecule has 0 spiro atoms. The fourth-order valence-electron chi connectivity index (χ4n) is 2.74. The molecule has 8 heteroatoms. The Labute approximate surface area is 151 Å². The van der Waals surface area contributed by atoms with Crippen molar-refractivity contribution in [2.75, 3.05) is 13.7 Å². The summed E-state index contributed by atoms with van der Waals surface area (Å²) in [6.07, 6.45) is 4.24. The van der Waals surface area contributed by atoms with Crippen molar-refractivity contribution in [1.29, 1.82) is 0 Å². The van der Waals surface area contributed by atoms with Gasteiger partial charge in [0.2, 0.25) is 0 Å². The van der Waals surface area contributed by atoms with Gasteiger partial charge in [-0.2, -0.15) is 0 Å². The van der Waals surface area contributed by atoms with E-state index in [9.17, 15) is 19.7 Å². The standard InChI is InChI=1S/C18H22N2O6/c1-4-5-6-26-17-9-15(20(23)24)14(8-16(17)25-3)18(22)19-10-13(11-21)7-12(19)2/h8-12H,4-7H2,1-3H3. The van der Waals surface area contributed by atoms with Crippen molar-refractivity contribution in [2.24, 2.45) is 0 Å². The number of hydrogen-bond acceptors (Lipinski definition) is 6. The molecule has 0 N–H and O–H groups in total. The topological polar surface area (TPSA) is 99.0 Å². The van der Waals surface area contributed by atoms with E-state index in [1.807, 2.05) is 6.92 Å². The predicted molar refractivity (Wildman–Crippen MR) is 94.4 cm³/mol. The average molecular weight is 362 g/mol. The molecule has 0 aliphatic carbocycles. The molecule has 1 aromatic rings. The summed E-state index contributed by atoms with van der Waals surface area (Å²) in [6.45, 7) is 4.17. The lowest BCUT2D eigenvalue weighted by Crippen LogP contribution is -2.31. The molecule has 0 radical (unpaired) electrons. The van der Waals surface area contributed by atoms with E-state index < -0.39 is 10.8 Å². The number of hydrogen-bond donors (Lipinski definition) is 0. The monoisotopic (exact) mass is 362 g/mol. The van der Waals surface area contributed by atoms with Crippen molar-refractivity contribution in [3.8, 4) is 11.5 Å². The Morgan fingerprint density at radius 1 is 1.42 bits per heavy atom. The third-order valence-electron chi connectivity index (χ3n) is 4.16. The Morgan fingerprint density at radius 3 is 2.69 bits per heavy atom. The third kappa shape index (κ3) is 4.01. The van der Waals surface area contributed by atoms with Crippen LogP contribution in [0.4, 0.5) is 5.69 Å². The Kier molecular flexibility index (Phi) is 6.32. The number of benzene rings is 1. The molecule has 1 atom stereocenters. The molecule has 8 nitrogen and oxygen atoms in total. The van der Waals surface area contributed by atoms with Crippen molar-refractivity contribution in [3.05, 3.63) is 39.6 Å². The Bertz CT molecular complexity index is 743. The lowest BCUT2D eigenvalue weighted by Gasteiger charge is -2.20. The van der Waals surface area contributed by atoms with Crippen LogP contribution in [0, 0.1) is 10.1 Å². The zero-order chi connectivity index (χ0) is 19.3. The number of amides is 1. The lowest BCUT2D eigenvalue weighted by molar-refractivity contribution is -0.385. The minimum Gasteiger partial charge on any atom is -0.493 e. The van der Waals surface area contributed by atoms with Gasteiger partial charge in [-0.05, 0) is 19.8 Å². The van der Waals surface area contributed by atoms with Gasteiger partial charge in [0.05, 0.1) is 24.7 Å². The van der Waals surface area contributed by atoms with Crippen LogP contribution >= 0.6 is 0 Å². The molecular formula is C18H22N2O6. The van der Waals surface area contributed by atoms with Gasteiger partial charge in [-0.25, -0.2) is 0 Å². The van der Waals surface area contributed by atoms with Crippen LogP contribution in [0.3, 0.4) is 0 Å². The molecule has 0 saturated heterocycles. The maximum Gasteiger partial charge on any atom is 0.286 e.